The monoisotopic (exact) mass is 615 g/mol. The van der Waals surface area contributed by atoms with Crippen molar-refractivity contribution in [3.05, 3.63) is 84.4 Å². The number of hydrazone groups is 2. The molecular formula is C33H37N5O7. The Morgan fingerprint density at radius 1 is 0.844 bits per heavy atom. The first-order chi connectivity index (χ1) is 21.6. The number of nitrogens with zero attached hydrogens (tertiary/aromatic N) is 3. The van der Waals surface area contributed by atoms with Crippen LogP contribution in [-0.2, 0) is 23.8 Å². The lowest BCUT2D eigenvalue weighted by molar-refractivity contribution is -0.136. The smallest absolute Gasteiger partial charge is 0.415 e. The number of hydrogen-bond acceptors (Lipinski definition) is 11. The summed E-state index contributed by atoms with van der Waals surface area (Å²) in [6, 6.07) is 21.8. The molecule has 1 aliphatic heterocycles. The number of fused-ring (bicyclic) bond motifs is 1. The zero-order chi connectivity index (χ0) is 32.4. The van der Waals surface area contributed by atoms with Crippen LogP contribution < -0.4 is 20.5 Å². The minimum atomic E-state index is -1.07. The second-order valence-electron chi connectivity index (χ2n) is 10.7. The van der Waals surface area contributed by atoms with Gasteiger partial charge in [0.1, 0.15) is 24.0 Å². The number of rotatable bonds is 10. The molecule has 0 spiro atoms. The van der Waals surface area contributed by atoms with Gasteiger partial charge < -0.3 is 18.9 Å². The molecule has 0 fully saturated rings. The van der Waals surface area contributed by atoms with E-state index in [1.54, 1.807) is 77.1 Å². The standard InChI is InChI=1S/C33H37N5O7/c1-6-42-30(39)28(36-34-23-14-10-8-11-15-23)22-18-19-27-25(20-22)38(32(41)45-33(3,4)5)26(21-44-27)29(31(40)43-7-2)37-35-24-16-12-9-13-17-24/h8-20,26,34-35H,6-7,21H2,1-5H3/b36-28+,37-29+. The average molecular weight is 616 g/mol. The minimum Gasteiger partial charge on any atom is -0.489 e. The molecule has 0 aliphatic carbocycles. The Morgan fingerprint density at radius 3 is 2.00 bits per heavy atom. The van der Waals surface area contributed by atoms with Gasteiger partial charge >= 0.3 is 18.0 Å². The Kier molecular flexibility index (Phi) is 10.7. The van der Waals surface area contributed by atoms with Gasteiger partial charge in [-0.3, -0.25) is 15.8 Å². The van der Waals surface area contributed by atoms with Crippen LogP contribution in [0.4, 0.5) is 21.9 Å². The second kappa shape index (κ2) is 14.9. The Bertz CT molecular complexity index is 1550. The third-order valence-electron chi connectivity index (χ3n) is 6.21. The molecule has 1 aliphatic rings. The van der Waals surface area contributed by atoms with Crippen LogP contribution >= 0.6 is 0 Å². The summed E-state index contributed by atoms with van der Waals surface area (Å²) in [4.78, 5) is 41.5. The summed E-state index contributed by atoms with van der Waals surface area (Å²) in [6.45, 7) is 8.63. The molecular weight excluding hydrogens is 578 g/mol. The fourth-order valence-corrected chi connectivity index (χ4v) is 4.28. The van der Waals surface area contributed by atoms with Crippen LogP contribution in [0.2, 0.25) is 0 Å². The normalized spacial score (nSPS) is 14.9. The summed E-state index contributed by atoms with van der Waals surface area (Å²) in [6.07, 6.45) is -0.761. The highest BCUT2D eigenvalue weighted by Crippen LogP contribution is 2.37. The molecule has 0 radical (unpaired) electrons. The van der Waals surface area contributed by atoms with Gasteiger partial charge in [0.25, 0.3) is 0 Å². The number of hydrogen-bond donors (Lipinski definition) is 2. The Balaban J connectivity index is 1.82. The summed E-state index contributed by atoms with van der Waals surface area (Å²) in [5.41, 5.74) is 6.53. The van der Waals surface area contributed by atoms with Crippen molar-refractivity contribution in [3.8, 4) is 5.75 Å². The van der Waals surface area contributed by atoms with Crippen LogP contribution in [0.15, 0.2) is 89.1 Å². The Morgan fingerprint density at radius 2 is 1.42 bits per heavy atom. The third-order valence-corrected chi connectivity index (χ3v) is 6.21. The molecule has 0 bridgehead atoms. The summed E-state index contributed by atoms with van der Waals surface area (Å²) >= 11 is 0. The van der Waals surface area contributed by atoms with Gasteiger partial charge in [0.2, 0.25) is 0 Å². The van der Waals surface area contributed by atoms with Crippen LogP contribution in [0.3, 0.4) is 0 Å². The number of benzene rings is 3. The van der Waals surface area contributed by atoms with Gasteiger partial charge in [-0.25, -0.2) is 14.4 Å². The van der Waals surface area contributed by atoms with E-state index in [-0.39, 0.29) is 36.9 Å². The molecule has 1 unspecified atom stereocenters. The molecule has 236 valence electrons. The topological polar surface area (TPSA) is 140 Å². The van der Waals surface area contributed by atoms with Crippen LogP contribution in [-0.4, -0.2) is 60.9 Å². The molecule has 3 aromatic rings. The van der Waals surface area contributed by atoms with E-state index in [4.69, 9.17) is 18.9 Å². The molecule has 1 heterocycles. The van der Waals surface area contributed by atoms with Crippen molar-refractivity contribution < 1.29 is 33.3 Å². The number of carbonyl (C=O) groups is 3. The van der Waals surface area contributed by atoms with E-state index >= 15 is 0 Å². The van der Waals surface area contributed by atoms with E-state index in [1.807, 2.05) is 36.4 Å². The van der Waals surface area contributed by atoms with Gasteiger partial charge in [0.05, 0.1) is 30.3 Å². The maximum Gasteiger partial charge on any atom is 0.415 e. The molecule has 4 rings (SSSR count). The van der Waals surface area contributed by atoms with Gasteiger partial charge in [0.15, 0.2) is 11.4 Å². The maximum absolute atomic E-state index is 13.9. The van der Waals surface area contributed by atoms with Crippen molar-refractivity contribution in [1.82, 2.24) is 0 Å². The summed E-state index contributed by atoms with van der Waals surface area (Å²) in [5, 5.41) is 8.71. The molecule has 1 atom stereocenters. The van der Waals surface area contributed by atoms with E-state index in [0.717, 1.165) is 0 Å². The molecule has 12 nitrogen and oxygen atoms in total. The van der Waals surface area contributed by atoms with Gasteiger partial charge in [-0.2, -0.15) is 10.2 Å². The number of esters is 2. The highest BCUT2D eigenvalue weighted by atomic mass is 16.6. The largest absolute Gasteiger partial charge is 0.489 e. The second-order valence-corrected chi connectivity index (χ2v) is 10.7. The van der Waals surface area contributed by atoms with Crippen molar-refractivity contribution in [2.75, 3.05) is 35.6 Å². The van der Waals surface area contributed by atoms with Crippen molar-refractivity contribution in [1.29, 1.82) is 0 Å². The number of ether oxygens (including phenoxy) is 4. The first kappa shape index (κ1) is 32.5. The summed E-state index contributed by atoms with van der Waals surface area (Å²) < 4.78 is 22.4. The molecule has 0 saturated heterocycles. The van der Waals surface area contributed by atoms with Gasteiger partial charge in [-0.15, -0.1) is 0 Å². The lowest BCUT2D eigenvalue weighted by Crippen LogP contribution is -2.55. The maximum atomic E-state index is 13.9. The van der Waals surface area contributed by atoms with Crippen molar-refractivity contribution in [2.45, 2.75) is 46.3 Å². The highest BCUT2D eigenvalue weighted by Gasteiger charge is 2.41. The zero-order valence-electron chi connectivity index (χ0n) is 25.9. The number of nitrogens with one attached hydrogen (secondary N) is 2. The van der Waals surface area contributed by atoms with Crippen LogP contribution in [0.1, 0.15) is 40.2 Å². The first-order valence-corrected chi connectivity index (χ1v) is 14.5. The number of amides is 1. The first-order valence-electron chi connectivity index (χ1n) is 14.5. The summed E-state index contributed by atoms with van der Waals surface area (Å²) in [7, 11) is 0. The lowest BCUT2D eigenvalue weighted by Gasteiger charge is -2.37. The van der Waals surface area contributed by atoms with Crippen molar-refractivity contribution in [3.63, 3.8) is 0 Å². The van der Waals surface area contributed by atoms with Crippen LogP contribution in [0.5, 0.6) is 5.75 Å². The lowest BCUT2D eigenvalue weighted by atomic mass is 10.0. The predicted octanol–water partition coefficient (Wildman–Crippen LogP) is 5.60. The van der Waals surface area contributed by atoms with Crippen molar-refractivity contribution in [2.24, 2.45) is 10.2 Å². The third kappa shape index (κ3) is 8.59. The van der Waals surface area contributed by atoms with Gasteiger partial charge in [-0.1, -0.05) is 36.4 Å². The van der Waals surface area contributed by atoms with Crippen LogP contribution in [0, 0.1) is 0 Å². The van der Waals surface area contributed by atoms with Gasteiger partial charge in [0, 0.05) is 5.56 Å². The van der Waals surface area contributed by atoms with Crippen molar-refractivity contribution >= 4 is 46.5 Å². The van der Waals surface area contributed by atoms with E-state index < -0.39 is 29.7 Å². The number of carbonyl (C=O) groups excluding carboxylic acids is 3. The molecule has 3 aromatic carbocycles. The SMILES string of the molecule is CCOC(=O)/C(=N/Nc1ccccc1)c1ccc2c(c1)N(C(=O)OC(C)(C)C)C(/C(=N\Nc1ccccc1)C(=O)OCC)CO2. The van der Waals surface area contributed by atoms with E-state index in [9.17, 15) is 14.4 Å². The molecule has 1 amide bonds. The number of anilines is 3. The predicted molar refractivity (Wildman–Crippen MR) is 172 cm³/mol. The van der Waals surface area contributed by atoms with E-state index in [2.05, 4.69) is 21.1 Å². The summed E-state index contributed by atoms with van der Waals surface area (Å²) in [5.74, 6) is -1.11. The molecule has 0 saturated carbocycles. The number of para-hydroxylation sites is 2. The fraction of sp³-hybridized carbons (Fsp3) is 0.303. The van der Waals surface area contributed by atoms with E-state index in [1.165, 1.54) is 4.90 Å². The fourth-order valence-electron chi connectivity index (χ4n) is 4.28. The molecule has 12 heteroatoms. The Hall–Kier alpha value is -5.39. The highest BCUT2D eigenvalue weighted by molar-refractivity contribution is 6.43. The minimum absolute atomic E-state index is 0.0419. The quantitative estimate of drug-likeness (QED) is 0.129. The Labute approximate surface area is 262 Å². The molecule has 45 heavy (non-hydrogen) atoms. The average Bonchev–Trinajstić information content (AvgIpc) is 3.01. The van der Waals surface area contributed by atoms with Crippen LogP contribution in [0.25, 0.3) is 0 Å². The molecule has 0 aromatic heterocycles. The molecule has 2 N–H and O–H groups in total. The zero-order valence-corrected chi connectivity index (χ0v) is 25.9. The van der Waals surface area contributed by atoms with E-state index in [0.29, 0.717) is 22.7 Å². The van der Waals surface area contributed by atoms with Gasteiger partial charge in [-0.05, 0) is 77.1 Å².